The molecular weight excluding hydrogens is 238 g/mol. The number of nitriles is 1. The maximum absolute atomic E-state index is 8.74. The molecule has 4 nitrogen and oxygen atoms in total. The molecule has 0 radical (unpaired) electrons. The number of rotatable bonds is 5. The van der Waals surface area contributed by atoms with Crippen LogP contribution in [-0.4, -0.2) is 25.2 Å². The van der Waals surface area contributed by atoms with E-state index in [2.05, 4.69) is 22.9 Å². The molecule has 0 aliphatic heterocycles. The molecule has 1 heterocycles. The Labute approximate surface area is 113 Å². The second-order valence-electron chi connectivity index (χ2n) is 4.18. The molecule has 0 amide bonds. The number of hydrogen-bond acceptors (Lipinski definition) is 4. The van der Waals surface area contributed by atoms with Crippen molar-refractivity contribution in [2.45, 2.75) is 13.3 Å². The van der Waals surface area contributed by atoms with Gasteiger partial charge in [0.15, 0.2) is 0 Å². The molecule has 98 valence electrons. The molecule has 4 heteroatoms. The van der Waals surface area contributed by atoms with E-state index in [9.17, 15) is 0 Å². The Kier molecular flexibility index (Phi) is 4.19. The number of ether oxygens (including phenoxy) is 1. The molecule has 1 aromatic carbocycles. The van der Waals surface area contributed by atoms with Gasteiger partial charge in [0.25, 0.3) is 0 Å². The Bertz CT molecular complexity index is 604. The van der Waals surface area contributed by atoms with Crippen molar-refractivity contribution in [3.05, 3.63) is 30.5 Å². The van der Waals surface area contributed by atoms with E-state index in [1.807, 2.05) is 24.3 Å². The monoisotopic (exact) mass is 255 g/mol. The predicted molar refractivity (Wildman–Crippen MR) is 76.4 cm³/mol. The van der Waals surface area contributed by atoms with Crippen LogP contribution in [0.3, 0.4) is 0 Å². The molecule has 0 saturated carbocycles. The molecule has 0 aliphatic rings. The van der Waals surface area contributed by atoms with Gasteiger partial charge in [-0.1, -0.05) is 12.1 Å². The Morgan fingerprint density at radius 3 is 2.84 bits per heavy atom. The number of nitrogens with zero attached hydrogens (tertiary/aromatic N) is 3. The van der Waals surface area contributed by atoms with E-state index in [0.717, 1.165) is 28.9 Å². The van der Waals surface area contributed by atoms with Crippen LogP contribution in [0, 0.1) is 11.3 Å². The van der Waals surface area contributed by atoms with Crippen LogP contribution < -0.4 is 9.64 Å². The third kappa shape index (κ3) is 2.60. The first-order chi connectivity index (χ1) is 9.31. The lowest BCUT2D eigenvalue weighted by atomic mass is 10.1. The van der Waals surface area contributed by atoms with Gasteiger partial charge in [-0.15, -0.1) is 0 Å². The predicted octanol–water partition coefficient (Wildman–Crippen LogP) is 2.98. The fourth-order valence-electron chi connectivity index (χ4n) is 2.19. The van der Waals surface area contributed by atoms with Crippen LogP contribution in [0.4, 0.5) is 5.82 Å². The molecule has 0 unspecified atom stereocenters. The number of methoxy groups -OCH3 is 1. The van der Waals surface area contributed by atoms with Crippen LogP contribution in [0.15, 0.2) is 30.5 Å². The fraction of sp³-hybridized carbons (Fsp3) is 0.333. The van der Waals surface area contributed by atoms with E-state index >= 15 is 0 Å². The topological polar surface area (TPSA) is 49.2 Å². The van der Waals surface area contributed by atoms with Gasteiger partial charge in [0.05, 0.1) is 19.6 Å². The molecule has 0 atom stereocenters. The SMILES string of the molecule is CCN(CCC#N)c1nccc2c(OC)cccc12. The molecule has 0 bridgehead atoms. The van der Waals surface area contributed by atoms with E-state index in [1.54, 1.807) is 13.3 Å². The summed E-state index contributed by atoms with van der Waals surface area (Å²) in [4.78, 5) is 6.58. The number of benzene rings is 1. The highest BCUT2D eigenvalue weighted by molar-refractivity contribution is 5.96. The molecule has 0 N–H and O–H groups in total. The van der Waals surface area contributed by atoms with Crippen LogP contribution in [0.2, 0.25) is 0 Å². The maximum Gasteiger partial charge on any atom is 0.136 e. The summed E-state index contributed by atoms with van der Waals surface area (Å²) in [5, 5.41) is 10.8. The van der Waals surface area contributed by atoms with Gasteiger partial charge in [0, 0.05) is 30.1 Å². The highest BCUT2D eigenvalue weighted by Crippen LogP contribution is 2.30. The Morgan fingerprint density at radius 1 is 1.32 bits per heavy atom. The molecular formula is C15H17N3O. The van der Waals surface area contributed by atoms with Crippen molar-refractivity contribution in [2.75, 3.05) is 25.1 Å². The highest BCUT2D eigenvalue weighted by Gasteiger charge is 2.11. The summed E-state index contributed by atoms with van der Waals surface area (Å²) in [5.41, 5.74) is 0. The highest BCUT2D eigenvalue weighted by atomic mass is 16.5. The van der Waals surface area contributed by atoms with Gasteiger partial charge < -0.3 is 9.64 Å². The van der Waals surface area contributed by atoms with Gasteiger partial charge in [-0.25, -0.2) is 4.98 Å². The smallest absolute Gasteiger partial charge is 0.136 e. The van der Waals surface area contributed by atoms with Gasteiger partial charge in [-0.2, -0.15) is 5.26 Å². The number of hydrogen-bond donors (Lipinski definition) is 0. The average molecular weight is 255 g/mol. The normalized spacial score (nSPS) is 10.2. The summed E-state index contributed by atoms with van der Waals surface area (Å²) in [7, 11) is 1.67. The molecule has 0 spiro atoms. The van der Waals surface area contributed by atoms with Gasteiger partial charge in [-0.05, 0) is 19.1 Å². The second-order valence-corrected chi connectivity index (χ2v) is 4.18. The van der Waals surface area contributed by atoms with E-state index in [1.165, 1.54) is 0 Å². The quantitative estimate of drug-likeness (QED) is 0.824. The zero-order valence-electron chi connectivity index (χ0n) is 11.3. The van der Waals surface area contributed by atoms with Gasteiger partial charge >= 0.3 is 0 Å². The average Bonchev–Trinajstić information content (AvgIpc) is 2.47. The lowest BCUT2D eigenvalue weighted by Crippen LogP contribution is -2.24. The second kappa shape index (κ2) is 6.05. The summed E-state index contributed by atoms with van der Waals surface area (Å²) in [5.74, 6) is 1.76. The van der Waals surface area contributed by atoms with Crippen molar-refractivity contribution in [1.82, 2.24) is 4.98 Å². The first-order valence-corrected chi connectivity index (χ1v) is 6.35. The van der Waals surface area contributed by atoms with Crippen molar-refractivity contribution >= 4 is 16.6 Å². The van der Waals surface area contributed by atoms with E-state index < -0.39 is 0 Å². The molecule has 2 rings (SSSR count). The number of aromatic nitrogens is 1. The van der Waals surface area contributed by atoms with E-state index in [0.29, 0.717) is 13.0 Å². The number of pyridine rings is 1. The summed E-state index contributed by atoms with van der Waals surface area (Å²) >= 11 is 0. The third-order valence-corrected chi connectivity index (χ3v) is 3.14. The zero-order valence-corrected chi connectivity index (χ0v) is 11.3. The van der Waals surface area contributed by atoms with Crippen molar-refractivity contribution < 1.29 is 4.74 Å². The van der Waals surface area contributed by atoms with E-state index in [-0.39, 0.29) is 0 Å². The van der Waals surface area contributed by atoms with Crippen LogP contribution in [-0.2, 0) is 0 Å². The molecule has 0 fully saturated rings. The molecule has 1 aromatic heterocycles. The lowest BCUT2D eigenvalue weighted by molar-refractivity contribution is 0.420. The van der Waals surface area contributed by atoms with Crippen LogP contribution in [0.25, 0.3) is 10.8 Å². The van der Waals surface area contributed by atoms with Gasteiger partial charge in [0.1, 0.15) is 11.6 Å². The van der Waals surface area contributed by atoms with Gasteiger partial charge in [0.2, 0.25) is 0 Å². The van der Waals surface area contributed by atoms with Crippen LogP contribution in [0.5, 0.6) is 5.75 Å². The largest absolute Gasteiger partial charge is 0.496 e. The van der Waals surface area contributed by atoms with Gasteiger partial charge in [-0.3, -0.25) is 0 Å². The standard InChI is InChI=1S/C15H17N3O/c1-3-18(11-5-9-16)15-13-6-4-7-14(19-2)12(13)8-10-17-15/h4,6-8,10H,3,5,11H2,1-2H3. The van der Waals surface area contributed by atoms with Crippen molar-refractivity contribution in [3.8, 4) is 11.8 Å². The Hall–Kier alpha value is -2.28. The summed E-state index contributed by atoms with van der Waals surface area (Å²) in [6, 6.07) is 10.1. The maximum atomic E-state index is 8.74. The van der Waals surface area contributed by atoms with Crippen molar-refractivity contribution in [1.29, 1.82) is 5.26 Å². The first-order valence-electron chi connectivity index (χ1n) is 6.35. The number of fused-ring (bicyclic) bond motifs is 1. The minimum Gasteiger partial charge on any atom is -0.496 e. The Balaban J connectivity index is 2.51. The molecule has 0 saturated heterocycles. The summed E-state index contributed by atoms with van der Waals surface area (Å²) in [6.45, 7) is 3.58. The first kappa shape index (κ1) is 13.2. The minimum atomic E-state index is 0.496. The van der Waals surface area contributed by atoms with Crippen molar-refractivity contribution in [3.63, 3.8) is 0 Å². The summed E-state index contributed by atoms with van der Waals surface area (Å²) < 4.78 is 5.38. The molecule has 0 aliphatic carbocycles. The minimum absolute atomic E-state index is 0.496. The summed E-state index contributed by atoms with van der Waals surface area (Å²) in [6.07, 6.45) is 2.28. The molecule has 19 heavy (non-hydrogen) atoms. The van der Waals surface area contributed by atoms with Crippen LogP contribution >= 0.6 is 0 Å². The number of anilines is 1. The third-order valence-electron chi connectivity index (χ3n) is 3.14. The van der Waals surface area contributed by atoms with E-state index in [4.69, 9.17) is 10.00 Å². The molecule has 2 aromatic rings. The fourth-order valence-corrected chi connectivity index (χ4v) is 2.19. The van der Waals surface area contributed by atoms with Crippen molar-refractivity contribution in [2.24, 2.45) is 0 Å². The van der Waals surface area contributed by atoms with Crippen LogP contribution in [0.1, 0.15) is 13.3 Å². The Morgan fingerprint density at radius 2 is 2.16 bits per heavy atom. The zero-order chi connectivity index (χ0) is 13.7. The lowest BCUT2D eigenvalue weighted by Gasteiger charge is -2.22.